The smallest absolute Gasteiger partial charge is 0.309 e. The summed E-state index contributed by atoms with van der Waals surface area (Å²) in [5.41, 5.74) is 2.74. The lowest BCUT2D eigenvalue weighted by molar-refractivity contribution is -0.148. The van der Waals surface area contributed by atoms with Crippen molar-refractivity contribution in [3.8, 4) is 6.07 Å². The number of esters is 1. The molecule has 0 spiro atoms. The third-order valence-corrected chi connectivity index (χ3v) is 5.45. The number of hydrogen-bond acceptors (Lipinski definition) is 6. The minimum absolute atomic E-state index is 0.0337. The number of nitrogens with zero attached hydrogens (tertiary/aromatic N) is 4. The zero-order valence-electron chi connectivity index (χ0n) is 17.4. The third-order valence-electron chi connectivity index (χ3n) is 5.45. The molecule has 2 unspecified atom stereocenters. The zero-order valence-corrected chi connectivity index (χ0v) is 17.4. The Kier molecular flexibility index (Phi) is 7.20. The molecular formula is C22H27N5O3. The van der Waals surface area contributed by atoms with Crippen molar-refractivity contribution in [1.82, 2.24) is 19.8 Å². The second-order valence-electron chi connectivity index (χ2n) is 7.74. The molecule has 8 nitrogen and oxygen atoms in total. The highest BCUT2D eigenvalue weighted by atomic mass is 16.5. The molecule has 158 valence electrons. The molecule has 0 aliphatic carbocycles. The summed E-state index contributed by atoms with van der Waals surface area (Å²) in [5, 5.41) is 11.9. The Hall–Kier alpha value is -3.18. The van der Waals surface area contributed by atoms with Crippen LogP contribution in [0.15, 0.2) is 36.8 Å². The summed E-state index contributed by atoms with van der Waals surface area (Å²) in [4.78, 5) is 30.7. The number of likely N-dealkylation sites (tertiary alicyclic amines) is 1. The molecule has 2 atom stereocenters. The summed E-state index contributed by atoms with van der Waals surface area (Å²) >= 11 is 0. The number of nitrogens with one attached hydrogen (secondary N) is 1. The highest BCUT2D eigenvalue weighted by molar-refractivity contribution is 5.80. The van der Waals surface area contributed by atoms with Gasteiger partial charge in [-0.1, -0.05) is 12.1 Å². The molecule has 0 saturated carbocycles. The van der Waals surface area contributed by atoms with E-state index in [0.717, 1.165) is 11.3 Å². The van der Waals surface area contributed by atoms with Crippen molar-refractivity contribution in [3.05, 3.63) is 53.6 Å². The van der Waals surface area contributed by atoms with Gasteiger partial charge in [0.2, 0.25) is 5.91 Å². The van der Waals surface area contributed by atoms with E-state index in [2.05, 4.69) is 16.4 Å². The molecule has 30 heavy (non-hydrogen) atoms. The molecule has 1 amide bonds. The number of benzene rings is 1. The summed E-state index contributed by atoms with van der Waals surface area (Å²) < 4.78 is 6.89. The minimum Gasteiger partial charge on any atom is -0.469 e. The van der Waals surface area contributed by atoms with Crippen molar-refractivity contribution in [2.45, 2.75) is 19.4 Å². The van der Waals surface area contributed by atoms with Gasteiger partial charge in [-0.2, -0.15) is 5.26 Å². The van der Waals surface area contributed by atoms with Crippen LogP contribution in [-0.2, 0) is 27.3 Å². The quantitative estimate of drug-likeness (QED) is 0.690. The molecule has 0 radical (unpaired) electrons. The first kappa shape index (κ1) is 21.5. The van der Waals surface area contributed by atoms with E-state index in [1.54, 1.807) is 24.7 Å². The molecule has 3 rings (SSSR count). The number of imidazole rings is 1. The molecule has 1 N–H and O–H groups in total. The molecule has 1 saturated heterocycles. The molecule has 8 heteroatoms. The van der Waals surface area contributed by atoms with Crippen LogP contribution in [0.1, 0.15) is 23.2 Å². The number of rotatable bonds is 7. The average molecular weight is 409 g/mol. The monoisotopic (exact) mass is 409 g/mol. The van der Waals surface area contributed by atoms with E-state index in [4.69, 9.17) is 10.00 Å². The highest BCUT2D eigenvalue weighted by Crippen LogP contribution is 2.22. The van der Waals surface area contributed by atoms with Crippen LogP contribution >= 0.6 is 0 Å². The van der Waals surface area contributed by atoms with Crippen LogP contribution in [0.3, 0.4) is 0 Å². The van der Waals surface area contributed by atoms with Gasteiger partial charge in [-0.15, -0.1) is 0 Å². The number of carbonyl (C=O) groups excluding carboxylic acids is 2. The first-order chi connectivity index (χ1) is 14.5. The number of amides is 1. The van der Waals surface area contributed by atoms with Crippen molar-refractivity contribution < 1.29 is 14.3 Å². The molecule has 2 aromatic rings. The van der Waals surface area contributed by atoms with Gasteiger partial charge in [0.15, 0.2) is 0 Å². The highest BCUT2D eigenvalue weighted by Gasteiger charge is 2.34. The fraction of sp³-hybridized carbons (Fsp3) is 0.455. The first-order valence-corrected chi connectivity index (χ1v) is 10.0. The molecule has 1 aromatic carbocycles. The van der Waals surface area contributed by atoms with Crippen LogP contribution in [0, 0.1) is 23.2 Å². The van der Waals surface area contributed by atoms with Crippen LogP contribution < -0.4 is 5.32 Å². The van der Waals surface area contributed by atoms with Gasteiger partial charge >= 0.3 is 5.97 Å². The molecular weight excluding hydrogens is 382 g/mol. The Morgan fingerprint density at radius 3 is 2.70 bits per heavy atom. The predicted octanol–water partition coefficient (Wildman–Crippen LogP) is 1.20. The lowest BCUT2D eigenvalue weighted by atomic mass is 9.89. The van der Waals surface area contributed by atoms with E-state index in [9.17, 15) is 9.59 Å². The van der Waals surface area contributed by atoms with Crippen molar-refractivity contribution >= 4 is 11.9 Å². The summed E-state index contributed by atoms with van der Waals surface area (Å²) in [5.74, 6) is -0.783. The Morgan fingerprint density at radius 2 is 2.00 bits per heavy atom. The van der Waals surface area contributed by atoms with Gasteiger partial charge in [-0.3, -0.25) is 9.59 Å². The molecule has 1 aromatic heterocycles. The van der Waals surface area contributed by atoms with Gasteiger partial charge in [-0.25, -0.2) is 4.98 Å². The maximum absolute atomic E-state index is 12.6. The number of hydrogen-bond donors (Lipinski definition) is 1. The standard InChI is InChI=1S/C22H27N5O3/c1-26-13-18(9-19(14-26)22(29)30-2)21(28)25-8-7-20-11-24-15-27(20)12-17-5-3-16(10-23)4-6-17/h3-6,11,15,18-19H,7-9,12-14H2,1-2H3,(H,25,28). The summed E-state index contributed by atoms with van der Waals surface area (Å²) in [6, 6.07) is 9.58. The topological polar surface area (TPSA) is 100 Å². The van der Waals surface area contributed by atoms with E-state index in [0.29, 0.717) is 44.6 Å². The van der Waals surface area contributed by atoms with Crippen LogP contribution in [0.5, 0.6) is 0 Å². The Morgan fingerprint density at radius 1 is 1.27 bits per heavy atom. The van der Waals surface area contributed by atoms with Crippen molar-refractivity contribution in [2.24, 2.45) is 11.8 Å². The van der Waals surface area contributed by atoms with Crippen molar-refractivity contribution in [3.63, 3.8) is 0 Å². The fourth-order valence-electron chi connectivity index (χ4n) is 3.89. The van der Waals surface area contributed by atoms with Crippen molar-refractivity contribution in [1.29, 1.82) is 5.26 Å². The molecule has 1 aliphatic rings. The van der Waals surface area contributed by atoms with Gasteiger partial charge in [-0.05, 0) is 31.2 Å². The predicted molar refractivity (Wildman–Crippen MR) is 110 cm³/mol. The number of nitriles is 1. The van der Waals surface area contributed by atoms with E-state index in [1.807, 2.05) is 28.6 Å². The van der Waals surface area contributed by atoms with Crippen LogP contribution in [0.4, 0.5) is 0 Å². The van der Waals surface area contributed by atoms with Gasteiger partial charge in [0, 0.05) is 44.5 Å². The van der Waals surface area contributed by atoms with Gasteiger partial charge < -0.3 is 19.5 Å². The number of methoxy groups -OCH3 is 1. The van der Waals surface area contributed by atoms with Crippen LogP contribution in [-0.4, -0.2) is 60.1 Å². The van der Waals surface area contributed by atoms with Gasteiger partial charge in [0.1, 0.15) is 0 Å². The normalized spacial score (nSPS) is 19.1. The maximum atomic E-state index is 12.6. The van der Waals surface area contributed by atoms with Crippen LogP contribution in [0.25, 0.3) is 0 Å². The maximum Gasteiger partial charge on any atom is 0.309 e. The summed E-state index contributed by atoms with van der Waals surface area (Å²) in [7, 11) is 3.30. The Balaban J connectivity index is 1.51. The molecule has 0 bridgehead atoms. The Labute approximate surface area is 176 Å². The molecule has 2 heterocycles. The first-order valence-electron chi connectivity index (χ1n) is 10.0. The molecule has 1 aliphatic heterocycles. The fourth-order valence-corrected chi connectivity index (χ4v) is 3.89. The lowest BCUT2D eigenvalue weighted by Gasteiger charge is -2.33. The second-order valence-corrected chi connectivity index (χ2v) is 7.74. The molecule has 1 fully saturated rings. The largest absolute Gasteiger partial charge is 0.469 e. The number of piperidine rings is 1. The van der Waals surface area contributed by atoms with Crippen molar-refractivity contribution in [2.75, 3.05) is 33.8 Å². The zero-order chi connectivity index (χ0) is 21.5. The summed E-state index contributed by atoms with van der Waals surface area (Å²) in [6.45, 7) is 2.41. The SMILES string of the molecule is COC(=O)C1CC(C(=O)NCCc2cncn2Cc2ccc(C#N)cc2)CN(C)C1. The second kappa shape index (κ2) is 10.0. The average Bonchev–Trinajstić information content (AvgIpc) is 3.20. The number of carbonyl (C=O) groups is 2. The van der Waals surface area contributed by atoms with E-state index >= 15 is 0 Å². The number of aromatic nitrogens is 2. The van der Waals surface area contributed by atoms with E-state index in [-0.39, 0.29) is 23.7 Å². The third kappa shape index (κ3) is 5.45. The Bertz CT molecular complexity index is 916. The van der Waals surface area contributed by atoms with Crippen LogP contribution in [0.2, 0.25) is 0 Å². The minimum atomic E-state index is -0.265. The van der Waals surface area contributed by atoms with Gasteiger partial charge in [0.05, 0.1) is 36.9 Å². The van der Waals surface area contributed by atoms with Gasteiger partial charge in [0.25, 0.3) is 0 Å². The van der Waals surface area contributed by atoms with E-state index < -0.39 is 0 Å². The number of ether oxygens (including phenoxy) is 1. The van der Waals surface area contributed by atoms with E-state index in [1.165, 1.54) is 7.11 Å². The summed E-state index contributed by atoms with van der Waals surface area (Å²) in [6.07, 6.45) is 4.74. The lowest BCUT2D eigenvalue weighted by Crippen LogP contribution is -2.47.